The molecule has 0 aliphatic heterocycles. The maximum absolute atomic E-state index is 10.4. The molecule has 0 nitrogen and oxygen atoms in total. The van der Waals surface area contributed by atoms with Gasteiger partial charge in [0.05, 0.1) is 0 Å². The first kappa shape index (κ1) is 34.8. The van der Waals surface area contributed by atoms with Crippen LogP contribution in [0.15, 0.2) is 0 Å². The van der Waals surface area contributed by atoms with Gasteiger partial charge >= 0.3 is 0 Å². The van der Waals surface area contributed by atoms with Crippen LogP contribution in [0.25, 0.3) is 0 Å². The lowest BCUT2D eigenvalue weighted by molar-refractivity contribution is 2.05. The standard InChI is InChI=1S/CH29P25/c2-19(3)16(20(4)5)1(17(21(6)7)22(8)9)18(23(10)11)26(24(12)13)25(14)15/h1H,2-15H2/i1D. The van der Waals surface area contributed by atoms with Crippen molar-refractivity contribution in [2.75, 3.05) is 0 Å². The molecule has 15 atom stereocenters. The van der Waals surface area contributed by atoms with Crippen molar-refractivity contribution in [3.8, 4) is 0 Å². The zero-order valence-electron chi connectivity index (χ0n) is 14.5. The van der Waals surface area contributed by atoms with E-state index in [2.05, 4.69) is 125 Å². The molecule has 0 rings (SSSR count). The van der Waals surface area contributed by atoms with Gasteiger partial charge in [0, 0.05) is 6.49 Å². The van der Waals surface area contributed by atoms with Crippen LogP contribution in [0.4, 0.5) is 0 Å². The largest absolute Gasteiger partial charge is 0.102 e. The van der Waals surface area contributed by atoms with Crippen molar-refractivity contribution < 1.29 is 1.37 Å². The first-order chi connectivity index (χ1) is 12.1. The van der Waals surface area contributed by atoms with Crippen LogP contribution in [0.3, 0.4) is 0 Å². The smallest absolute Gasteiger partial charge is 0.0473 e. The first-order valence-electron chi connectivity index (χ1n) is 6.39. The van der Waals surface area contributed by atoms with E-state index in [-0.39, 0.29) is 61.0 Å². The Hall–Kier alpha value is 10.7. The summed E-state index contributed by atoms with van der Waals surface area (Å²) in [4.78, 5) is 0. The van der Waals surface area contributed by atoms with Gasteiger partial charge in [0.25, 0.3) is 0 Å². The first-order valence-corrected chi connectivity index (χ1v) is 48.9. The molecular weight excluding hydrogens is 786 g/mol. The van der Waals surface area contributed by atoms with Gasteiger partial charge in [0.15, 0.2) is 0 Å². The van der Waals surface area contributed by atoms with E-state index in [1.165, 1.54) is 0 Å². The fourth-order valence-electron chi connectivity index (χ4n) is 1.48. The van der Waals surface area contributed by atoms with Gasteiger partial charge in [-0.05, 0) is 77.8 Å². The highest BCUT2D eigenvalue weighted by atomic mass is 33.2. The van der Waals surface area contributed by atoms with Crippen LogP contribution >= 0.6 is 203 Å². The fraction of sp³-hybridized carbons (Fsp3) is 1.00. The minimum absolute atomic E-state index is 0.187. The number of hydrogen-bond acceptors (Lipinski definition) is 0. The maximum Gasteiger partial charge on any atom is 0.0473 e. The van der Waals surface area contributed by atoms with Crippen LogP contribution in [-0.2, 0) is 0 Å². The Bertz CT molecular complexity index is 365. The Morgan fingerprint density at radius 3 is 0.769 bits per heavy atom. The molecule has 0 aromatic rings. The summed E-state index contributed by atoms with van der Waals surface area (Å²) in [5, 5.41) is -0.267. The number of hydrogen-bond donors (Lipinski definition) is 0. The molecule has 0 bridgehead atoms. The second-order valence-corrected chi connectivity index (χ2v) is 94.4. The van der Waals surface area contributed by atoms with Gasteiger partial charge in [-0.25, -0.2) is 0 Å². The van der Waals surface area contributed by atoms with Crippen LogP contribution in [0, 0.1) is 0 Å². The van der Waals surface area contributed by atoms with Crippen LogP contribution < -0.4 is 0 Å². The molecule has 26 heavy (non-hydrogen) atoms. The van der Waals surface area contributed by atoms with E-state index >= 15 is 0 Å². The Labute approximate surface area is 207 Å². The van der Waals surface area contributed by atoms with Crippen LogP contribution in [0.2, 0.25) is 0 Å². The van der Waals surface area contributed by atoms with E-state index in [4.69, 9.17) is 0 Å². The third kappa shape index (κ3) is 13.2. The predicted octanol–water partition coefficient (Wildman–Crippen LogP) is 14.0. The third-order valence-electron chi connectivity index (χ3n) is 2.21. The molecule has 0 heterocycles. The van der Waals surface area contributed by atoms with E-state index in [9.17, 15) is 1.37 Å². The van der Waals surface area contributed by atoms with Gasteiger partial charge in [-0.15, -0.1) is 125 Å². The summed E-state index contributed by atoms with van der Waals surface area (Å²) in [5.74, 6) is 0. The van der Waals surface area contributed by atoms with Gasteiger partial charge in [0.2, 0.25) is 0 Å². The molecule has 0 radical (unpaired) electrons. The van der Waals surface area contributed by atoms with Gasteiger partial charge in [-0.1, -0.05) is 0 Å². The molecule has 15 unspecified atom stereocenters. The Morgan fingerprint density at radius 1 is 0.385 bits per heavy atom. The van der Waals surface area contributed by atoms with E-state index < -0.39 is 21.9 Å². The summed E-state index contributed by atoms with van der Waals surface area (Å²) in [6, 6.07) is 0. The molecule has 0 aromatic heterocycles. The average Bonchev–Trinajstić information content (AvgIpc) is 2.40. The van der Waals surface area contributed by atoms with Gasteiger partial charge < -0.3 is 0 Å². The summed E-state index contributed by atoms with van der Waals surface area (Å²) in [6.07, 6.45) is 0. The minimum atomic E-state index is -0.408. The molecule has 25 heteroatoms. The van der Waals surface area contributed by atoms with Crippen LogP contribution in [0.5, 0.6) is 0 Å². The Balaban J connectivity index is 6.92. The molecule has 0 saturated carbocycles. The average molecular weight is 817 g/mol. The van der Waals surface area contributed by atoms with E-state index in [1.807, 2.05) is 0 Å². The van der Waals surface area contributed by atoms with Crippen molar-refractivity contribution >= 4 is 203 Å². The van der Waals surface area contributed by atoms with Gasteiger partial charge in [-0.3, -0.25) is 0 Å². The summed E-state index contributed by atoms with van der Waals surface area (Å²) < 4.78 is 10.4. The highest BCUT2D eigenvalue weighted by Gasteiger charge is 2.47. The normalized spacial score (nSPS) is 16.1. The van der Waals surface area contributed by atoms with Crippen molar-refractivity contribution in [3.63, 3.8) is 0 Å². The van der Waals surface area contributed by atoms with E-state index in [1.54, 1.807) is 0 Å². The maximum atomic E-state index is 10.4. The molecule has 158 valence electrons. The monoisotopic (exact) mass is 817 g/mol. The Kier molecular flexibility index (Phi) is 26.4. The van der Waals surface area contributed by atoms with Crippen molar-refractivity contribution in [2.45, 2.75) is 5.12 Å². The zero-order valence-corrected chi connectivity index (χ0v) is 39.5. The molecular formula is CH29P25. The molecule has 0 aliphatic carbocycles. The molecule has 0 spiro atoms. The van der Waals surface area contributed by atoms with Crippen molar-refractivity contribution in [3.05, 3.63) is 0 Å². The second-order valence-electron chi connectivity index (χ2n) is 4.10. The van der Waals surface area contributed by atoms with Crippen molar-refractivity contribution in [2.24, 2.45) is 0 Å². The molecule has 0 fully saturated rings. The molecule has 0 aromatic carbocycles. The number of rotatable bonds is 11. The predicted molar refractivity (Wildman–Crippen MR) is 216 cm³/mol. The summed E-state index contributed by atoms with van der Waals surface area (Å²) >= 11 is 0. The highest BCUT2D eigenvalue weighted by Crippen LogP contribution is 3.23. The SMILES string of the molecule is [2H]C(P(P(P)P)P(P)P)(P(P(P)P)P(P)P)P(P(P)P)P(P(P)P)P(P)P. The second kappa shape index (κ2) is 19.8. The molecule has 0 N–H and O–H groups in total. The van der Waals surface area contributed by atoms with Gasteiger partial charge in [-0.2, -0.15) is 0 Å². The minimum Gasteiger partial charge on any atom is -0.102 e. The van der Waals surface area contributed by atoms with Crippen molar-refractivity contribution in [1.29, 1.82) is 0 Å². The lowest BCUT2D eigenvalue weighted by Crippen LogP contribution is -1.90. The van der Waals surface area contributed by atoms with Crippen LogP contribution in [-0.4, -0.2) is 5.12 Å². The van der Waals surface area contributed by atoms with Crippen LogP contribution in [0.1, 0.15) is 1.37 Å². The summed E-state index contributed by atoms with van der Waals surface area (Å²) in [5.41, 5.74) is 0. The quantitative estimate of drug-likeness (QED) is 0.182. The third-order valence-corrected chi connectivity index (χ3v) is 114. The topological polar surface area (TPSA) is 0 Å². The fourth-order valence-corrected chi connectivity index (χ4v) is 208. The van der Waals surface area contributed by atoms with Crippen molar-refractivity contribution in [1.82, 2.24) is 0 Å². The van der Waals surface area contributed by atoms with E-state index in [0.717, 1.165) is 0 Å². The van der Waals surface area contributed by atoms with E-state index in [0.29, 0.717) is 0 Å². The zero-order chi connectivity index (χ0) is 21.9. The molecule has 0 saturated heterocycles. The summed E-state index contributed by atoms with van der Waals surface area (Å²) in [7, 11) is 42.6. The lowest BCUT2D eigenvalue weighted by atomic mass is 11.9. The lowest BCUT2D eigenvalue weighted by Gasteiger charge is -2.50. The molecule has 0 aliphatic rings. The molecule has 0 amide bonds. The van der Waals surface area contributed by atoms with Gasteiger partial charge in [0.1, 0.15) is 0 Å². The highest BCUT2D eigenvalue weighted by molar-refractivity contribution is 9.19. The Morgan fingerprint density at radius 2 is 0.615 bits per heavy atom. The summed E-state index contributed by atoms with van der Waals surface area (Å²) in [6.45, 7) is -2.03.